The van der Waals surface area contributed by atoms with Gasteiger partial charge in [0, 0.05) is 17.6 Å². The number of benzene rings is 3. The molecule has 0 fully saturated rings. The van der Waals surface area contributed by atoms with Crippen molar-refractivity contribution < 1.29 is 22.7 Å². The fourth-order valence-electron chi connectivity index (χ4n) is 4.46. The fraction of sp³-hybridized carbons (Fsp3) is 0.355. The van der Waals surface area contributed by atoms with E-state index < -0.39 is 28.5 Å². The van der Waals surface area contributed by atoms with Crippen LogP contribution in [0.2, 0.25) is 5.02 Å². The van der Waals surface area contributed by atoms with Gasteiger partial charge in [0.15, 0.2) is 0 Å². The van der Waals surface area contributed by atoms with E-state index in [1.807, 2.05) is 34.6 Å². The van der Waals surface area contributed by atoms with Crippen LogP contribution >= 0.6 is 11.6 Å². The molecule has 0 aliphatic heterocycles. The highest BCUT2D eigenvalue weighted by Crippen LogP contribution is 2.34. The van der Waals surface area contributed by atoms with E-state index >= 15 is 0 Å². The smallest absolute Gasteiger partial charge is 0.264 e. The molecule has 10 heteroatoms. The molecule has 1 N–H and O–H groups in total. The Hall–Kier alpha value is -3.56. The Morgan fingerprint density at radius 3 is 2.20 bits per heavy atom. The number of nitrogens with zero attached hydrogens (tertiary/aromatic N) is 2. The molecule has 41 heavy (non-hydrogen) atoms. The number of hydrogen-bond donors (Lipinski definition) is 1. The monoisotopic (exact) mass is 599 g/mol. The zero-order valence-corrected chi connectivity index (χ0v) is 25.9. The Labute approximate surface area is 248 Å². The largest absolute Gasteiger partial charge is 0.495 e. The first-order valence-corrected chi connectivity index (χ1v) is 15.3. The average molecular weight is 600 g/mol. The van der Waals surface area contributed by atoms with Crippen LogP contribution < -0.4 is 14.4 Å². The van der Waals surface area contributed by atoms with Crippen molar-refractivity contribution in [3.63, 3.8) is 0 Å². The molecule has 0 radical (unpaired) electrons. The molecule has 1 unspecified atom stereocenters. The number of hydrogen-bond acceptors (Lipinski definition) is 5. The zero-order valence-electron chi connectivity index (χ0n) is 24.3. The molecule has 3 aromatic rings. The maximum atomic E-state index is 14.2. The molecule has 8 nitrogen and oxygen atoms in total. The summed E-state index contributed by atoms with van der Waals surface area (Å²) in [4.78, 5) is 28.9. The third kappa shape index (κ3) is 7.80. The molecular weight excluding hydrogens is 562 g/mol. The lowest BCUT2D eigenvalue weighted by atomic mass is 10.1. The van der Waals surface area contributed by atoms with Crippen molar-refractivity contribution in [1.82, 2.24) is 10.2 Å². The van der Waals surface area contributed by atoms with Crippen LogP contribution in [0.5, 0.6) is 5.75 Å². The lowest BCUT2D eigenvalue weighted by Gasteiger charge is -2.34. The molecule has 220 valence electrons. The highest BCUT2D eigenvalue weighted by atomic mass is 35.5. The lowest BCUT2D eigenvalue weighted by molar-refractivity contribution is -0.140. The van der Waals surface area contributed by atoms with Crippen molar-refractivity contribution in [1.29, 1.82) is 0 Å². The molecule has 3 aromatic carbocycles. The molecule has 0 aliphatic carbocycles. The van der Waals surface area contributed by atoms with Crippen LogP contribution in [0.1, 0.15) is 43.9 Å². The Kier molecular flexibility index (Phi) is 10.8. The Balaban J connectivity index is 2.15. The molecule has 3 rings (SSSR count). The third-order valence-corrected chi connectivity index (χ3v) is 8.75. The summed E-state index contributed by atoms with van der Waals surface area (Å²) in [6, 6.07) is 17.6. The summed E-state index contributed by atoms with van der Waals surface area (Å²) in [5.41, 5.74) is 2.54. The second-order valence-electron chi connectivity index (χ2n) is 10.2. The van der Waals surface area contributed by atoms with Gasteiger partial charge in [-0.3, -0.25) is 13.9 Å². The average Bonchev–Trinajstić information content (AvgIpc) is 2.92. The standard InChI is InChI=1S/C31H38ClN3O5S/c1-7-27(31(37)33-21(2)3)34(19-24-10-8-9-11-26(24)32)30(36)20-35(28-18-23(5)14-17-29(28)40-6)41(38,39)25-15-12-22(4)13-16-25/h8-18,21,27H,7,19-20H2,1-6H3,(H,33,37). The second-order valence-corrected chi connectivity index (χ2v) is 12.5. The molecule has 0 aliphatic rings. The van der Waals surface area contributed by atoms with Crippen LogP contribution in [0.15, 0.2) is 71.6 Å². The van der Waals surface area contributed by atoms with E-state index in [0.29, 0.717) is 22.8 Å². The number of halogens is 1. The summed E-state index contributed by atoms with van der Waals surface area (Å²) in [6.07, 6.45) is 0.313. The lowest BCUT2D eigenvalue weighted by Crippen LogP contribution is -2.53. The van der Waals surface area contributed by atoms with Gasteiger partial charge in [-0.25, -0.2) is 8.42 Å². The quantitative estimate of drug-likeness (QED) is 0.297. The van der Waals surface area contributed by atoms with Gasteiger partial charge in [0.25, 0.3) is 10.0 Å². The first-order valence-electron chi connectivity index (χ1n) is 13.5. The molecule has 2 amide bonds. The number of methoxy groups -OCH3 is 1. The Bertz CT molecular complexity index is 1480. The number of anilines is 1. The number of carbonyl (C=O) groups excluding carboxylic acids is 2. The Morgan fingerprint density at radius 1 is 0.976 bits per heavy atom. The van der Waals surface area contributed by atoms with E-state index in [-0.39, 0.29) is 29.1 Å². The van der Waals surface area contributed by atoms with Gasteiger partial charge in [-0.1, -0.05) is 60.5 Å². The predicted molar refractivity (Wildman–Crippen MR) is 163 cm³/mol. The van der Waals surface area contributed by atoms with E-state index in [1.165, 1.54) is 24.1 Å². The molecule has 0 bridgehead atoms. The number of rotatable bonds is 12. The molecule has 0 spiro atoms. The first kappa shape index (κ1) is 32.0. The molecule has 0 saturated carbocycles. The van der Waals surface area contributed by atoms with Gasteiger partial charge in [0.2, 0.25) is 11.8 Å². The van der Waals surface area contributed by atoms with Crippen LogP contribution in [0.25, 0.3) is 0 Å². The molecule has 0 aromatic heterocycles. The summed E-state index contributed by atoms with van der Waals surface area (Å²) < 4.78 is 34.8. The molecular formula is C31H38ClN3O5S. The summed E-state index contributed by atoms with van der Waals surface area (Å²) in [5.74, 6) is -0.597. The van der Waals surface area contributed by atoms with Crippen molar-refractivity contribution >= 4 is 39.1 Å². The summed E-state index contributed by atoms with van der Waals surface area (Å²) in [6.45, 7) is 8.63. The van der Waals surface area contributed by atoms with Gasteiger partial charge in [0.05, 0.1) is 17.7 Å². The Morgan fingerprint density at radius 2 is 1.61 bits per heavy atom. The number of amides is 2. The minimum Gasteiger partial charge on any atom is -0.495 e. The minimum atomic E-state index is -4.22. The molecule has 0 heterocycles. The van der Waals surface area contributed by atoms with E-state index in [4.69, 9.17) is 16.3 Å². The zero-order chi connectivity index (χ0) is 30.3. The fourth-order valence-corrected chi connectivity index (χ4v) is 6.07. The van der Waals surface area contributed by atoms with Crippen LogP contribution in [0, 0.1) is 13.8 Å². The number of aryl methyl sites for hydroxylation is 2. The van der Waals surface area contributed by atoms with Crippen LogP contribution in [-0.4, -0.2) is 50.9 Å². The van der Waals surface area contributed by atoms with Crippen molar-refractivity contribution in [2.24, 2.45) is 0 Å². The maximum absolute atomic E-state index is 14.2. The first-order chi connectivity index (χ1) is 19.4. The predicted octanol–water partition coefficient (Wildman–Crippen LogP) is 5.49. The van der Waals surface area contributed by atoms with Crippen molar-refractivity contribution in [3.8, 4) is 5.75 Å². The van der Waals surface area contributed by atoms with Crippen LogP contribution in [0.3, 0.4) is 0 Å². The summed E-state index contributed by atoms with van der Waals surface area (Å²) >= 11 is 6.45. The van der Waals surface area contributed by atoms with Crippen LogP contribution in [-0.2, 0) is 26.2 Å². The number of ether oxygens (including phenoxy) is 1. The number of carbonyl (C=O) groups is 2. The topological polar surface area (TPSA) is 96.0 Å². The maximum Gasteiger partial charge on any atom is 0.264 e. The van der Waals surface area contributed by atoms with E-state index in [1.54, 1.807) is 54.6 Å². The van der Waals surface area contributed by atoms with Gasteiger partial charge >= 0.3 is 0 Å². The van der Waals surface area contributed by atoms with Gasteiger partial charge in [0.1, 0.15) is 18.3 Å². The number of nitrogens with one attached hydrogen (secondary N) is 1. The van der Waals surface area contributed by atoms with Gasteiger partial charge in [-0.2, -0.15) is 0 Å². The van der Waals surface area contributed by atoms with Gasteiger partial charge < -0.3 is 15.0 Å². The third-order valence-electron chi connectivity index (χ3n) is 6.61. The molecule has 1 atom stereocenters. The van der Waals surface area contributed by atoms with E-state index in [9.17, 15) is 18.0 Å². The summed E-state index contributed by atoms with van der Waals surface area (Å²) in [5, 5.41) is 3.32. The van der Waals surface area contributed by atoms with Crippen molar-refractivity contribution in [2.75, 3.05) is 18.0 Å². The summed E-state index contributed by atoms with van der Waals surface area (Å²) in [7, 11) is -2.78. The van der Waals surface area contributed by atoms with Crippen LogP contribution in [0.4, 0.5) is 5.69 Å². The highest BCUT2D eigenvalue weighted by Gasteiger charge is 2.35. The van der Waals surface area contributed by atoms with Gasteiger partial charge in [-0.15, -0.1) is 0 Å². The van der Waals surface area contributed by atoms with Gasteiger partial charge in [-0.05, 0) is 75.6 Å². The number of sulfonamides is 1. The van der Waals surface area contributed by atoms with Crippen molar-refractivity contribution in [3.05, 3.63) is 88.4 Å². The van der Waals surface area contributed by atoms with E-state index in [0.717, 1.165) is 15.4 Å². The minimum absolute atomic E-state index is 0.0197. The second kappa shape index (κ2) is 13.9. The van der Waals surface area contributed by atoms with Crippen molar-refractivity contribution in [2.45, 2.75) is 64.6 Å². The van der Waals surface area contributed by atoms with E-state index in [2.05, 4.69) is 5.32 Å². The normalized spacial score (nSPS) is 12.1. The highest BCUT2D eigenvalue weighted by molar-refractivity contribution is 7.92. The SMILES string of the molecule is CCC(C(=O)NC(C)C)N(Cc1ccccc1Cl)C(=O)CN(c1cc(C)ccc1OC)S(=O)(=O)c1ccc(C)cc1. The molecule has 0 saturated heterocycles.